The number of aliphatic carboxylic acids is 1. The van der Waals surface area contributed by atoms with Gasteiger partial charge in [-0.05, 0) is 37.5 Å². The molecule has 21 heavy (non-hydrogen) atoms. The zero-order valence-corrected chi connectivity index (χ0v) is 12.7. The number of amides is 1. The molecule has 2 N–H and O–H groups in total. The molecule has 2 rings (SSSR count). The lowest BCUT2D eigenvalue weighted by molar-refractivity contribution is -0.141. The van der Waals surface area contributed by atoms with Crippen LogP contribution in [-0.4, -0.2) is 29.8 Å². The highest BCUT2D eigenvalue weighted by molar-refractivity contribution is 5.80. The van der Waals surface area contributed by atoms with Crippen LogP contribution in [0.4, 0.5) is 4.79 Å². The van der Waals surface area contributed by atoms with E-state index in [9.17, 15) is 14.7 Å². The average Bonchev–Trinajstić information content (AvgIpc) is 2.52. The Kier molecular flexibility index (Phi) is 6.33. The molecule has 0 aromatic heterocycles. The molecule has 1 unspecified atom stereocenters. The van der Waals surface area contributed by atoms with Gasteiger partial charge >= 0.3 is 12.1 Å². The third-order valence-corrected chi connectivity index (χ3v) is 4.84. The van der Waals surface area contributed by atoms with Gasteiger partial charge in [-0.2, -0.15) is 0 Å². The van der Waals surface area contributed by atoms with Crippen LogP contribution >= 0.6 is 0 Å². The minimum Gasteiger partial charge on any atom is -0.480 e. The fourth-order valence-corrected chi connectivity index (χ4v) is 3.56. The lowest BCUT2D eigenvalue weighted by atomic mass is 9.84. The molecule has 2 saturated carbocycles. The van der Waals surface area contributed by atoms with E-state index in [0.29, 0.717) is 12.5 Å². The van der Waals surface area contributed by atoms with Crippen LogP contribution in [0.3, 0.4) is 0 Å². The number of carbonyl (C=O) groups is 2. The standard InChI is InChI=1S/C16H27NO4/c18-15(19)14(13-9-5-2-6-10-13)17-16(20)21-11-12-7-3-1-4-8-12/h12-14H,1-11H2,(H,17,20)(H,18,19). The van der Waals surface area contributed by atoms with Crippen LogP contribution in [-0.2, 0) is 9.53 Å². The molecule has 0 aliphatic heterocycles. The molecule has 0 saturated heterocycles. The molecule has 0 heterocycles. The van der Waals surface area contributed by atoms with Gasteiger partial charge in [-0.15, -0.1) is 0 Å². The Morgan fingerprint density at radius 3 is 2.14 bits per heavy atom. The molecule has 0 aromatic carbocycles. The van der Waals surface area contributed by atoms with E-state index in [1.165, 1.54) is 19.3 Å². The number of nitrogens with one attached hydrogen (secondary N) is 1. The Morgan fingerprint density at radius 1 is 1.00 bits per heavy atom. The van der Waals surface area contributed by atoms with Crippen LogP contribution in [0.5, 0.6) is 0 Å². The van der Waals surface area contributed by atoms with Crippen LogP contribution < -0.4 is 5.32 Å². The number of hydrogen-bond acceptors (Lipinski definition) is 3. The molecule has 2 aliphatic rings. The number of alkyl carbamates (subject to hydrolysis) is 1. The van der Waals surface area contributed by atoms with Crippen molar-refractivity contribution in [1.82, 2.24) is 5.32 Å². The van der Waals surface area contributed by atoms with Crippen molar-refractivity contribution < 1.29 is 19.4 Å². The molecule has 2 fully saturated rings. The van der Waals surface area contributed by atoms with E-state index in [1.54, 1.807) is 0 Å². The molecule has 0 aromatic rings. The summed E-state index contributed by atoms with van der Waals surface area (Å²) in [5.41, 5.74) is 0. The predicted molar refractivity (Wildman–Crippen MR) is 79.1 cm³/mol. The quantitative estimate of drug-likeness (QED) is 0.816. The van der Waals surface area contributed by atoms with Crippen molar-refractivity contribution in [1.29, 1.82) is 0 Å². The van der Waals surface area contributed by atoms with E-state index in [4.69, 9.17) is 4.74 Å². The van der Waals surface area contributed by atoms with Crippen molar-refractivity contribution in [3.8, 4) is 0 Å². The highest BCUT2D eigenvalue weighted by Crippen LogP contribution is 2.27. The first-order valence-corrected chi connectivity index (χ1v) is 8.33. The number of carboxylic acid groups (broad SMARTS) is 1. The highest BCUT2D eigenvalue weighted by atomic mass is 16.5. The Bertz CT molecular complexity index is 346. The molecule has 5 heteroatoms. The van der Waals surface area contributed by atoms with Crippen molar-refractivity contribution in [2.45, 2.75) is 70.3 Å². The van der Waals surface area contributed by atoms with Gasteiger partial charge in [0.1, 0.15) is 6.04 Å². The summed E-state index contributed by atoms with van der Waals surface area (Å²) in [6.45, 7) is 0.419. The first-order valence-electron chi connectivity index (χ1n) is 8.33. The number of ether oxygens (including phenoxy) is 1. The average molecular weight is 297 g/mol. The van der Waals surface area contributed by atoms with Crippen molar-refractivity contribution in [3.05, 3.63) is 0 Å². The summed E-state index contributed by atoms with van der Waals surface area (Å²) >= 11 is 0. The topological polar surface area (TPSA) is 75.6 Å². The second-order valence-corrected chi connectivity index (χ2v) is 6.46. The molecule has 1 atom stereocenters. The third kappa shape index (κ3) is 5.21. The number of carboxylic acids is 1. The van der Waals surface area contributed by atoms with Crippen molar-refractivity contribution in [2.75, 3.05) is 6.61 Å². The number of hydrogen-bond donors (Lipinski definition) is 2. The summed E-state index contributed by atoms with van der Waals surface area (Å²) in [5.74, 6) is -0.461. The summed E-state index contributed by atoms with van der Waals surface area (Å²) in [7, 11) is 0. The maximum Gasteiger partial charge on any atom is 0.407 e. The van der Waals surface area contributed by atoms with Crippen molar-refractivity contribution in [2.24, 2.45) is 11.8 Å². The predicted octanol–water partition coefficient (Wildman–Crippen LogP) is 3.33. The lowest BCUT2D eigenvalue weighted by Crippen LogP contribution is -2.47. The Balaban J connectivity index is 1.76. The highest BCUT2D eigenvalue weighted by Gasteiger charge is 2.31. The number of rotatable bonds is 5. The van der Waals surface area contributed by atoms with E-state index in [2.05, 4.69) is 5.32 Å². The van der Waals surface area contributed by atoms with Gasteiger partial charge < -0.3 is 15.2 Å². The molecule has 0 spiro atoms. The Labute approximate surface area is 126 Å². The third-order valence-electron chi connectivity index (χ3n) is 4.84. The SMILES string of the molecule is O=C(NC(C(=O)O)C1CCCCC1)OCC1CCCCC1. The molecule has 2 aliphatic carbocycles. The maximum atomic E-state index is 11.8. The van der Waals surface area contributed by atoms with Gasteiger partial charge in [0.15, 0.2) is 0 Å². The first-order chi connectivity index (χ1) is 10.2. The van der Waals surface area contributed by atoms with Gasteiger partial charge in [0.05, 0.1) is 6.61 Å². The largest absolute Gasteiger partial charge is 0.480 e. The number of carbonyl (C=O) groups excluding carboxylic acids is 1. The summed E-state index contributed by atoms with van der Waals surface area (Å²) in [6, 6.07) is -0.802. The van der Waals surface area contributed by atoms with Gasteiger partial charge in [0.25, 0.3) is 0 Å². The molecule has 0 radical (unpaired) electrons. The van der Waals surface area contributed by atoms with E-state index < -0.39 is 18.1 Å². The normalized spacial score (nSPS) is 22.5. The second-order valence-electron chi connectivity index (χ2n) is 6.46. The summed E-state index contributed by atoms with van der Waals surface area (Å²) in [6.07, 6.45) is 10.3. The molecule has 1 amide bonds. The molecule has 0 bridgehead atoms. The van der Waals surface area contributed by atoms with E-state index in [-0.39, 0.29) is 5.92 Å². The van der Waals surface area contributed by atoms with Crippen molar-refractivity contribution in [3.63, 3.8) is 0 Å². The first kappa shape index (κ1) is 16.1. The fraction of sp³-hybridized carbons (Fsp3) is 0.875. The lowest BCUT2D eigenvalue weighted by Gasteiger charge is -2.28. The zero-order valence-electron chi connectivity index (χ0n) is 12.7. The summed E-state index contributed by atoms with van der Waals surface area (Å²) < 4.78 is 5.24. The molecular formula is C16H27NO4. The minimum atomic E-state index is -0.948. The minimum absolute atomic E-state index is 0.0403. The van der Waals surface area contributed by atoms with Crippen molar-refractivity contribution >= 4 is 12.1 Å². The van der Waals surface area contributed by atoms with E-state index in [0.717, 1.165) is 44.9 Å². The smallest absolute Gasteiger partial charge is 0.407 e. The Hall–Kier alpha value is -1.26. The van der Waals surface area contributed by atoms with E-state index >= 15 is 0 Å². The zero-order chi connectivity index (χ0) is 15.1. The monoisotopic (exact) mass is 297 g/mol. The van der Waals surface area contributed by atoms with Gasteiger partial charge in [0, 0.05) is 0 Å². The van der Waals surface area contributed by atoms with Crippen LogP contribution in [0.1, 0.15) is 64.2 Å². The summed E-state index contributed by atoms with van der Waals surface area (Å²) in [4.78, 5) is 23.2. The molecule has 120 valence electrons. The second kappa shape index (κ2) is 8.25. The Morgan fingerprint density at radius 2 is 1.57 bits per heavy atom. The van der Waals surface area contributed by atoms with Gasteiger partial charge in [-0.25, -0.2) is 9.59 Å². The van der Waals surface area contributed by atoms with Gasteiger partial charge in [-0.1, -0.05) is 38.5 Å². The van der Waals surface area contributed by atoms with Gasteiger partial charge in [-0.3, -0.25) is 0 Å². The van der Waals surface area contributed by atoms with E-state index in [1.807, 2.05) is 0 Å². The maximum absolute atomic E-state index is 11.8. The fourth-order valence-electron chi connectivity index (χ4n) is 3.56. The molecular weight excluding hydrogens is 270 g/mol. The van der Waals surface area contributed by atoms with Crippen LogP contribution in [0.15, 0.2) is 0 Å². The van der Waals surface area contributed by atoms with Gasteiger partial charge in [0.2, 0.25) is 0 Å². The van der Waals surface area contributed by atoms with Crippen LogP contribution in [0, 0.1) is 11.8 Å². The van der Waals surface area contributed by atoms with Crippen LogP contribution in [0.25, 0.3) is 0 Å². The van der Waals surface area contributed by atoms with Crippen LogP contribution in [0.2, 0.25) is 0 Å². The summed E-state index contributed by atoms with van der Waals surface area (Å²) in [5, 5.41) is 11.9. The molecule has 5 nitrogen and oxygen atoms in total.